The molecule has 1 rings (SSSR count). The van der Waals surface area contributed by atoms with Gasteiger partial charge in [0, 0.05) is 7.11 Å². The number of methoxy groups -OCH3 is 2. The smallest absolute Gasteiger partial charge is 0.137 e. The summed E-state index contributed by atoms with van der Waals surface area (Å²) < 4.78 is 10.4. The van der Waals surface area contributed by atoms with Crippen molar-refractivity contribution in [2.24, 2.45) is 5.73 Å². The topological polar surface area (TPSA) is 44.5 Å². The molecule has 0 amide bonds. The highest BCUT2D eigenvalue weighted by molar-refractivity contribution is 6.32. The molecule has 1 unspecified atom stereocenters. The third-order valence-electron chi connectivity index (χ3n) is 2.26. The Hall–Kier alpha value is -0.770. The molecule has 4 heteroatoms. The molecular weight excluding hydrogens is 214 g/mol. The van der Waals surface area contributed by atoms with Crippen LogP contribution in [0, 0.1) is 0 Å². The number of halogens is 1. The van der Waals surface area contributed by atoms with Gasteiger partial charge in [0.15, 0.2) is 0 Å². The van der Waals surface area contributed by atoms with Crippen molar-refractivity contribution in [2.75, 3.05) is 20.8 Å². The molecule has 3 nitrogen and oxygen atoms in total. The minimum absolute atomic E-state index is 0.00148. The fourth-order valence-electron chi connectivity index (χ4n) is 1.45. The molecule has 0 heterocycles. The molecule has 1 atom stereocenters. The van der Waals surface area contributed by atoms with Crippen molar-refractivity contribution in [3.63, 3.8) is 0 Å². The average molecular weight is 230 g/mol. The van der Waals surface area contributed by atoms with Gasteiger partial charge in [-0.25, -0.2) is 0 Å². The van der Waals surface area contributed by atoms with Crippen molar-refractivity contribution in [3.8, 4) is 5.75 Å². The first-order valence-corrected chi connectivity index (χ1v) is 5.17. The maximum atomic E-state index is 6.02. The van der Waals surface area contributed by atoms with Gasteiger partial charge in [0.25, 0.3) is 0 Å². The second-order valence-corrected chi connectivity index (χ2v) is 3.60. The molecule has 0 bridgehead atoms. The number of hydrogen-bond acceptors (Lipinski definition) is 3. The Labute approximate surface area is 95.1 Å². The average Bonchev–Trinajstić information content (AvgIpc) is 2.25. The van der Waals surface area contributed by atoms with E-state index in [9.17, 15) is 0 Å². The lowest BCUT2D eigenvalue weighted by atomic mass is 10.1. The first kappa shape index (κ1) is 12.3. The number of hydrogen-bond donors (Lipinski definition) is 1. The van der Waals surface area contributed by atoms with Gasteiger partial charge in [0.1, 0.15) is 5.75 Å². The van der Waals surface area contributed by atoms with Crippen LogP contribution in [0.2, 0.25) is 5.02 Å². The summed E-state index contributed by atoms with van der Waals surface area (Å²) in [7, 11) is 3.26. The van der Waals surface area contributed by atoms with Crippen LogP contribution in [0.1, 0.15) is 18.1 Å². The fraction of sp³-hybridized carbons (Fsp3) is 0.455. The second kappa shape index (κ2) is 5.95. The Morgan fingerprint density at radius 3 is 2.60 bits per heavy atom. The van der Waals surface area contributed by atoms with E-state index in [2.05, 4.69) is 0 Å². The van der Waals surface area contributed by atoms with Crippen LogP contribution in [-0.4, -0.2) is 20.8 Å². The molecule has 0 aliphatic rings. The highest BCUT2D eigenvalue weighted by Crippen LogP contribution is 2.29. The normalized spacial score (nSPS) is 12.5. The summed E-state index contributed by atoms with van der Waals surface area (Å²) in [5, 5.41) is 0.592. The van der Waals surface area contributed by atoms with E-state index < -0.39 is 0 Å². The van der Waals surface area contributed by atoms with Crippen molar-refractivity contribution >= 4 is 11.6 Å². The molecule has 0 saturated heterocycles. The summed E-state index contributed by atoms with van der Waals surface area (Å²) in [4.78, 5) is 0. The monoisotopic (exact) mass is 229 g/mol. The molecule has 84 valence electrons. The summed E-state index contributed by atoms with van der Waals surface area (Å²) in [6.07, 6.45) is 0.775. The molecule has 1 aromatic rings. The lowest BCUT2D eigenvalue weighted by Crippen LogP contribution is -2.09. The fourth-order valence-corrected chi connectivity index (χ4v) is 1.72. The van der Waals surface area contributed by atoms with Gasteiger partial charge >= 0.3 is 0 Å². The van der Waals surface area contributed by atoms with Gasteiger partial charge < -0.3 is 15.2 Å². The lowest BCUT2D eigenvalue weighted by molar-refractivity contribution is 0.0977. The van der Waals surface area contributed by atoms with E-state index in [1.807, 2.05) is 18.2 Å². The van der Waals surface area contributed by atoms with Crippen molar-refractivity contribution in [1.82, 2.24) is 0 Å². The maximum Gasteiger partial charge on any atom is 0.137 e. The lowest BCUT2D eigenvalue weighted by Gasteiger charge is -2.15. The van der Waals surface area contributed by atoms with Crippen LogP contribution < -0.4 is 10.5 Å². The van der Waals surface area contributed by atoms with Crippen LogP contribution in [0.25, 0.3) is 0 Å². The third-order valence-corrected chi connectivity index (χ3v) is 2.56. The molecule has 1 aromatic carbocycles. The Morgan fingerprint density at radius 2 is 2.13 bits per heavy atom. The molecule has 0 saturated carbocycles. The van der Waals surface area contributed by atoms with E-state index in [1.54, 1.807) is 14.2 Å². The summed E-state index contributed by atoms with van der Waals surface area (Å²) >= 11 is 6.02. The van der Waals surface area contributed by atoms with Gasteiger partial charge in [-0.2, -0.15) is 0 Å². The van der Waals surface area contributed by atoms with Gasteiger partial charge in [-0.15, -0.1) is 0 Å². The first-order chi connectivity index (χ1) is 7.22. The molecule has 0 spiro atoms. The van der Waals surface area contributed by atoms with E-state index in [0.717, 1.165) is 12.0 Å². The standard InChI is InChI=1S/C11H16ClNO2/c1-14-10(5-6-13)8-3-4-11(15-2)9(12)7-8/h3-4,7,10H,5-6,13H2,1-2H3. The summed E-state index contributed by atoms with van der Waals surface area (Å²) in [6, 6.07) is 5.62. The van der Waals surface area contributed by atoms with Crippen LogP contribution in [-0.2, 0) is 4.74 Å². The number of rotatable bonds is 5. The quantitative estimate of drug-likeness (QED) is 0.843. The summed E-state index contributed by atoms with van der Waals surface area (Å²) in [5.74, 6) is 0.669. The molecule has 2 N–H and O–H groups in total. The van der Waals surface area contributed by atoms with E-state index in [0.29, 0.717) is 17.3 Å². The zero-order valence-electron chi connectivity index (χ0n) is 9.00. The van der Waals surface area contributed by atoms with Crippen LogP contribution in [0.5, 0.6) is 5.75 Å². The number of ether oxygens (including phenoxy) is 2. The van der Waals surface area contributed by atoms with E-state index in [1.165, 1.54) is 0 Å². The molecule has 0 aromatic heterocycles. The molecule has 0 fully saturated rings. The third kappa shape index (κ3) is 3.09. The highest BCUT2D eigenvalue weighted by Gasteiger charge is 2.11. The van der Waals surface area contributed by atoms with Crippen molar-refractivity contribution in [3.05, 3.63) is 28.8 Å². The molecule has 0 aliphatic heterocycles. The summed E-state index contributed by atoms with van der Waals surface area (Å²) in [6.45, 7) is 0.585. The van der Waals surface area contributed by atoms with E-state index >= 15 is 0 Å². The SMILES string of the molecule is COc1ccc(C(CCN)OC)cc1Cl. The van der Waals surface area contributed by atoms with Gasteiger partial charge in [0.2, 0.25) is 0 Å². The van der Waals surface area contributed by atoms with E-state index in [4.69, 9.17) is 26.8 Å². The van der Waals surface area contributed by atoms with Crippen LogP contribution in [0.15, 0.2) is 18.2 Å². The molecule has 15 heavy (non-hydrogen) atoms. The Morgan fingerprint density at radius 1 is 1.40 bits per heavy atom. The second-order valence-electron chi connectivity index (χ2n) is 3.20. The predicted octanol–water partition coefficient (Wildman–Crippen LogP) is 2.38. The maximum absolute atomic E-state index is 6.02. The van der Waals surface area contributed by atoms with Crippen molar-refractivity contribution in [2.45, 2.75) is 12.5 Å². The van der Waals surface area contributed by atoms with Crippen LogP contribution in [0.3, 0.4) is 0 Å². The minimum Gasteiger partial charge on any atom is -0.495 e. The van der Waals surface area contributed by atoms with E-state index in [-0.39, 0.29) is 6.10 Å². The van der Waals surface area contributed by atoms with Gasteiger partial charge in [-0.05, 0) is 30.7 Å². The first-order valence-electron chi connectivity index (χ1n) is 4.79. The van der Waals surface area contributed by atoms with Crippen LogP contribution in [0.4, 0.5) is 0 Å². The van der Waals surface area contributed by atoms with Crippen molar-refractivity contribution < 1.29 is 9.47 Å². The molecule has 0 radical (unpaired) electrons. The number of nitrogens with two attached hydrogens (primary N) is 1. The zero-order valence-corrected chi connectivity index (χ0v) is 9.75. The predicted molar refractivity (Wildman–Crippen MR) is 61.4 cm³/mol. The zero-order chi connectivity index (χ0) is 11.3. The van der Waals surface area contributed by atoms with Crippen LogP contribution >= 0.6 is 11.6 Å². The summed E-state index contributed by atoms with van der Waals surface area (Å²) in [5.41, 5.74) is 6.52. The van der Waals surface area contributed by atoms with Gasteiger partial charge in [-0.3, -0.25) is 0 Å². The highest BCUT2D eigenvalue weighted by atomic mass is 35.5. The Kier molecular flexibility index (Phi) is 4.88. The van der Waals surface area contributed by atoms with Gasteiger partial charge in [-0.1, -0.05) is 17.7 Å². The Bertz CT molecular complexity index is 317. The molecule has 0 aliphatic carbocycles. The Balaban J connectivity index is 2.89. The minimum atomic E-state index is -0.00148. The molecular formula is C11H16ClNO2. The largest absolute Gasteiger partial charge is 0.495 e. The number of benzene rings is 1. The van der Waals surface area contributed by atoms with Gasteiger partial charge in [0.05, 0.1) is 18.2 Å². The van der Waals surface area contributed by atoms with Crippen molar-refractivity contribution in [1.29, 1.82) is 0 Å².